The summed E-state index contributed by atoms with van der Waals surface area (Å²) in [5.74, 6) is 0.552. The summed E-state index contributed by atoms with van der Waals surface area (Å²) in [5, 5.41) is 11.3. The number of hydrogen-bond donors (Lipinski definition) is 1. The van der Waals surface area contributed by atoms with E-state index in [2.05, 4.69) is 32.0 Å². The van der Waals surface area contributed by atoms with Crippen molar-refractivity contribution in [2.45, 2.75) is 32.2 Å². The van der Waals surface area contributed by atoms with Crippen molar-refractivity contribution in [1.82, 2.24) is 0 Å². The number of hydrogen-bond acceptors (Lipinski definition) is 2. The second-order valence-electron chi connectivity index (χ2n) is 4.85. The minimum Gasteiger partial charge on any atom is -0.466 e. The van der Waals surface area contributed by atoms with Crippen molar-refractivity contribution in [2.75, 3.05) is 0 Å². The van der Waals surface area contributed by atoms with Gasteiger partial charge in [0, 0.05) is 0 Å². The normalized spacial score (nSPS) is 15.5. The first-order valence-corrected chi connectivity index (χ1v) is 8.47. The topological polar surface area (TPSA) is 33.4 Å². The average molecular weight is 222 g/mol. The van der Waals surface area contributed by atoms with Gasteiger partial charge in [0.05, 0.1) is 14.3 Å². The van der Waals surface area contributed by atoms with Crippen LogP contribution in [0.25, 0.3) is 0 Å². The van der Waals surface area contributed by atoms with Crippen LogP contribution in [0.4, 0.5) is 0 Å². The zero-order valence-corrected chi connectivity index (χ0v) is 10.8. The summed E-state index contributed by atoms with van der Waals surface area (Å²) in [5.41, 5.74) is 1.80. The maximum atomic E-state index is 10.5. The van der Waals surface area contributed by atoms with Gasteiger partial charge in [-0.05, 0) is 24.3 Å². The molecule has 1 N–H and O–H groups in total. The summed E-state index contributed by atoms with van der Waals surface area (Å²) in [6.07, 6.45) is 1.56. The van der Waals surface area contributed by atoms with Crippen molar-refractivity contribution in [1.29, 1.82) is 0 Å². The van der Waals surface area contributed by atoms with Crippen LogP contribution in [0.1, 0.15) is 12.7 Å². The lowest BCUT2D eigenvalue weighted by Crippen LogP contribution is -2.38. The average Bonchev–Trinajstić information content (AvgIpc) is 2.52. The quantitative estimate of drug-likeness (QED) is 0.630. The molecule has 2 nitrogen and oxygen atoms in total. The molecular weight excluding hydrogens is 204 g/mol. The highest BCUT2D eigenvalue weighted by molar-refractivity contribution is 6.83. The highest BCUT2D eigenvalue weighted by atomic mass is 28.3. The van der Waals surface area contributed by atoms with Crippen LogP contribution in [0, 0.1) is 0 Å². The van der Waals surface area contributed by atoms with Gasteiger partial charge in [-0.2, -0.15) is 0 Å². The third-order valence-electron chi connectivity index (χ3n) is 2.41. The van der Waals surface area contributed by atoms with Crippen molar-refractivity contribution in [2.24, 2.45) is 0 Å². The molecule has 1 aromatic heterocycles. The molecule has 82 valence electrons. The lowest BCUT2D eigenvalue weighted by atomic mass is 10.0. The van der Waals surface area contributed by atoms with E-state index < -0.39 is 13.7 Å². The third kappa shape index (κ3) is 2.32. The molecule has 1 heterocycles. The van der Waals surface area contributed by atoms with Gasteiger partial charge in [-0.3, -0.25) is 0 Å². The molecule has 0 saturated heterocycles. The fourth-order valence-electron chi connectivity index (χ4n) is 1.85. The molecule has 0 aliphatic rings. The Morgan fingerprint density at radius 1 is 1.53 bits per heavy atom. The van der Waals surface area contributed by atoms with Gasteiger partial charge in [0.1, 0.15) is 11.4 Å². The highest BCUT2D eigenvalue weighted by Crippen LogP contribution is 2.34. The number of furan rings is 1. The Morgan fingerprint density at radius 2 is 2.13 bits per heavy atom. The molecule has 0 spiro atoms. The van der Waals surface area contributed by atoms with E-state index >= 15 is 0 Å². The molecule has 1 rings (SSSR count). The Morgan fingerprint density at radius 3 is 2.47 bits per heavy atom. The molecular formula is C12H18O2Si. The van der Waals surface area contributed by atoms with Crippen molar-refractivity contribution in [3.63, 3.8) is 0 Å². The van der Waals surface area contributed by atoms with Crippen LogP contribution >= 0.6 is 0 Å². The molecule has 0 aromatic carbocycles. The lowest BCUT2D eigenvalue weighted by Gasteiger charge is -2.30. The maximum Gasteiger partial charge on any atom is 0.144 e. The Balaban J connectivity index is 3.22. The SMILES string of the molecule is C=C=C([C@](C)(O)c1ccco1)[Si](C)(C)C. The monoisotopic (exact) mass is 222 g/mol. The van der Waals surface area contributed by atoms with Gasteiger partial charge in [0.15, 0.2) is 0 Å². The summed E-state index contributed by atoms with van der Waals surface area (Å²) in [7, 11) is -1.65. The zero-order valence-electron chi connectivity index (χ0n) is 9.79. The Hall–Kier alpha value is -1.02. The van der Waals surface area contributed by atoms with Crippen LogP contribution in [0.2, 0.25) is 19.6 Å². The van der Waals surface area contributed by atoms with Gasteiger partial charge in [0.25, 0.3) is 0 Å². The Labute approximate surface area is 91.9 Å². The third-order valence-corrected chi connectivity index (χ3v) is 4.58. The first kappa shape index (κ1) is 12.0. The smallest absolute Gasteiger partial charge is 0.144 e. The van der Waals surface area contributed by atoms with E-state index in [1.165, 1.54) is 0 Å². The van der Waals surface area contributed by atoms with Crippen molar-refractivity contribution < 1.29 is 9.52 Å². The molecule has 15 heavy (non-hydrogen) atoms. The highest BCUT2D eigenvalue weighted by Gasteiger charge is 2.38. The van der Waals surface area contributed by atoms with Crippen LogP contribution in [-0.2, 0) is 5.60 Å². The maximum absolute atomic E-state index is 10.5. The van der Waals surface area contributed by atoms with Gasteiger partial charge < -0.3 is 9.52 Å². The molecule has 1 aromatic rings. The molecule has 0 bridgehead atoms. The molecule has 0 unspecified atom stereocenters. The van der Waals surface area contributed by atoms with E-state index in [0.717, 1.165) is 5.20 Å². The molecule has 0 amide bonds. The number of rotatable bonds is 3. The van der Waals surface area contributed by atoms with Crippen LogP contribution in [0.5, 0.6) is 0 Å². The predicted octanol–water partition coefficient (Wildman–Crippen LogP) is 3.08. The fraction of sp³-hybridized carbons (Fsp3) is 0.417. The first-order chi connectivity index (χ1) is 6.80. The van der Waals surface area contributed by atoms with Crippen LogP contribution < -0.4 is 0 Å². The zero-order chi connectivity index (χ0) is 11.7. The van der Waals surface area contributed by atoms with Crippen molar-refractivity contribution in [3.8, 4) is 0 Å². The van der Waals surface area contributed by atoms with Gasteiger partial charge in [-0.25, -0.2) is 0 Å². The standard InChI is InChI=1S/C12H18O2Si/c1-6-11(15(3,4)5)12(2,13)10-8-7-9-14-10/h7-9,13H,1H2,2-5H3/t12-/m1/s1. The van der Waals surface area contributed by atoms with E-state index in [1.807, 2.05) is 0 Å². The summed E-state index contributed by atoms with van der Waals surface area (Å²) in [6.45, 7) is 11.9. The van der Waals surface area contributed by atoms with Crippen LogP contribution in [0.3, 0.4) is 0 Å². The second kappa shape index (κ2) is 3.85. The van der Waals surface area contributed by atoms with Crippen molar-refractivity contribution >= 4 is 8.07 Å². The molecule has 0 aliphatic heterocycles. The Bertz CT molecular complexity index is 376. The van der Waals surface area contributed by atoms with Gasteiger partial charge in [-0.15, -0.1) is 5.73 Å². The largest absolute Gasteiger partial charge is 0.466 e. The minimum atomic E-state index is -1.65. The van der Waals surface area contributed by atoms with E-state index in [9.17, 15) is 5.11 Å². The van der Waals surface area contributed by atoms with Gasteiger partial charge in [0.2, 0.25) is 0 Å². The summed E-state index contributed by atoms with van der Waals surface area (Å²) in [6, 6.07) is 3.55. The van der Waals surface area contributed by atoms with E-state index in [-0.39, 0.29) is 0 Å². The van der Waals surface area contributed by atoms with E-state index in [4.69, 9.17) is 4.42 Å². The van der Waals surface area contributed by atoms with Crippen LogP contribution in [-0.4, -0.2) is 13.2 Å². The number of aliphatic hydroxyl groups is 1. The summed E-state index contributed by atoms with van der Waals surface area (Å²) < 4.78 is 5.26. The van der Waals surface area contributed by atoms with E-state index in [1.54, 1.807) is 25.3 Å². The summed E-state index contributed by atoms with van der Waals surface area (Å²) >= 11 is 0. The van der Waals surface area contributed by atoms with Crippen molar-refractivity contribution in [3.05, 3.63) is 41.7 Å². The molecule has 3 heteroatoms. The summed E-state index contributed by atoms with van der Waals surface area (Å²) in [4.78, 5) is 0. The molecule has 0 radical (unpaired) electrons. The minimum absolute atomic E-state index is 0.552. The molecule has 0 aliphatic carbocycles. The lowest BCUT2D eigenvalue weighted by molar-refractivity contribution is 0.0790. The first-order valence-electron chi connectivity index (χ1n) is 4.97. The second-order valence-corrected chi connectivity index (χ2v) is 9.85. The molecule has 0 saturated carbocycles. The Kier molecular flexibility index (Phi) is 3.10. The predicted molar refractivity (Wildman–Crippen MR) is 64.3 cm³/mol. The van der Waals surface area contributed by atoms with Crippen LogP contribution in [0.15, 0.2) is 40.3 Å². The van der Waals surface area contributed by atoms with E-state index in [0.29, 0.717) is 5.76 Å². The fourth-order valence-corrected chi connectivity index (χ4v) is 3.96. The molecule has 0 fully saturated rings. The molecule has 1 atom stereocenters. The van der Waals surface area contributed by atoms with Gasteiger partial charge in [-0.1, -0.05) is 26.2 Å². The van der Waals surface area contributed by atoms with Gasteiger partial charge >= 0.3 is 0 Å².